The van der Waals surface area contributed by atoms with E-state index in [-0.39, 0.29) is 0 Å². The Hall–Kier alpha value is -0.900. The van der Waals surface area contributed by atoms with Crippen molar-refractivity contribution in [2.24, 2.45) is 5.73 Å². The second-order valence-electron chi connectivity index (χ2n) is 2.54. The van der Waals surface area contributed by atoms with Crippen LogP contribution in [0.2, 0.25) is 0 Å². The summed E-state index contributed by atoms with van der Waals surface area (Å²) in [6.45, 7) is 0.476. The Morgan fingerprint density at radius 1 is 1.58 bits per heavy atom. The summed E-state index contributed by atoms with van der Waals surface area (Å²) >= 11 is 0. The second kappa shape index (κ2) is 4.21. The summed E-state index contributed by atoms with van der Waals surface area (Å²) in [7, 11) is 1.46. The van der Waals surface area contributed by atoms with Gasteiger partial charge in [-0.05, 0) is 11.6 Å². The van der Waals surface area contributed by atoms with E-state index in [2.05, 4.69) is 0 Å². The number of benzene rings is 1. The van der Waals surface area contributed by atoms with Gasteiger partial charge in [0.15, 0.2) is 6.29 Å². The van der Waals surface area contributed by atoms with E-state index in [9.17, 15) is 5.11 Å². The summed E-state index contributed by atoms with van der Waals surface area (Å²) in [5, 5.41) is 9.29. The zero-order valence-corrected chi connectivity index (χ0v) is 7.03. The summed E-state index contributed by atoms with van der Waals surface area (Å²) in [5.41, 5.74) is 7.16. The number of aliphatic hydroxyl groups is 1. The minimum absolute atomic E-state index is 0.476. The van der Waals surface area contributed by atoms with Gasteiger partial charge in [0.05, 0.1) is 0 Å². The standard InChI is InChI=1S/C9H13NO2/c1-12-9(11)8-4-2-3-7(5-8)6-10/h2-5,9,11H,6,10H2,1H3. The highest BCUT2D eigenvalue weighted by Crippen LogP contribution is 2.14. The third kappa shape index (κ3) is 2.04. The van der Waals surface area contributed by atoms with Crippen LogP contribution in [-0.4, -0.2) is 12.2 Å². The van der Waals surface area contributed by atoms with Crippen molar-refractivity contribution in [3.63, 3.8) is 0 Å². The molecule has 0 aliphatic carbocycles. The normalized spacial score (nSPS) is 12.9. The minimum Gasteiger partial charge on any atom is -0.364 e. The fraction of sp³-hybridized carbons (Fsp3) is 0.333. The second-order valence-corrected chi connectivity index (χ2v) is 2.54. The average Bonchev–Trinajstić information content (AvgIpc) is 2.17. The number of aliphatic hydroxyl groups excluding tert-OH is 1. The molecule has 0 fully saturated rings. The van der Waals surface area contributed by atoms with Crippen molar-refractivity contribution in [3.8, 4) is 0 Å². The molecule has 0 amide bonds. The van der Waals surface area contributed by atoms with E-state index in [0.717, 1.165) is 11.1 Å². The van der Waals surface area contributed by atoms with Crippen LogP contribution in [0.25, 0.3) is 0 Å². The molecule has 0 aliphatic rings. The van der Waals surface area contributed by atoms with Crippen molar-refractivity contribution in [1.29, 1.82) is 0 Å². The molecule has 0 saturated carbocycles. The maximum Gasteiger partial charge on any atom is 0.180 e. The number of nitrogens with two attached hydrogens (primary N) is 1. The summed E-state index contributed by atoms with van der Waals surface area (Å²) < 4.78 is 4.75. The van der Waals surface area contributed by atoms with E-state index in [4.69, 9.17) is 10.5 Å². The van der Waals surface area contributed by atoms with Crippen molar-refractivity contribution < 1.29 is 9.84 Å². The molecule has 0 heterocycles. The van der Waals surface area contributed by atoms with Gasteiger partial charge in [-0.25, -0.2) is 0 Å². The van der Waals surface area contributed by atoms with Gasteiger partial charge in [0, 0.05) is 19.2 Å². The van der Waals surface area contributed by atoms with Crippen LogP contribution < -0.4 is 5.73 Å². The van der Waals surface area contributed by atoms with E-state index in [1.54, 1.807) is 6.07 Å². The highest BCUT2D eigenvalue weighted by Gasteiger charge is 2.04. The molecule has 66 valence electrons. The maximum absolute atomic E-state index is 9.29. The quantitative estimate of drug-likeness (QED) is 0.654. The number of rotatable bonds is 3. The molecule has 3 heteroatoms. The van der Waals surface area contributed by atoms with Gasteiger partial charge < -0.3 is 15.6 Å². The number of methoxy groups -OCH3 is 1. The predicted octanol–water partition coefficient (Wildman–Crippen LogP) is 0.783. The fourth-order valence-corrected chi connectivity index (χ4v) is 1.01. The molecule has 1 aromatic rings. The Labute approximate surface area is 71.8 Å². The van der Waals surface area contributed by atoms with Crippen LogP contribution in [-0.2, 0) is 11.3 Å². The first-order valence-electron chi connectivity index (χ1n) is 3.77. The Kier molecular flexibility index (Phi) is 3.22. The van der Waals surface area contributed by atoms with Gasteiger partial charge in [-0.3, -0.25) is 0 Å². The first kappa shape index (κ1) is 9.19. The van der Waals surface area contributed by atoms with E-state index < -0.39 is 6.29 Å². The molecule has 0 saturated heterocycles. The van der Waals surface area contributed by atoms with Crippen molar-refractivity contribution in [2.75, 3.05) is 7.11 Å². The summed E-state index contributed by atoms with van der Waals surface area (Å²) in [6, 6.07) is 7.38. The van der Waals surface area contributed by atoms with E-state index in [0.29, 0.717) is 6.54 Å². The zero-order valence-electron chi connectivity index (χ0n) is 7.03. The summed E-state index contributed by atoms with van der Waals surface area (Å²) in [6.07, 6.45) is -0.850. The van der Waals surface area contributed by atoms with Crippen LogP contribution in [0.4, 0.5) is 0 Å². The van der Waals surface area contributed by atoms with Crippen molar-refractivity contribution in [3.05, 3.63) is 35.4 Å². The molecule has 1 aromatic carbocycles. The lowest BCUT2D eigenvalue weighted by molar-refractivity contribution is -0.0769. The van der Waals surface area contributed by atoms with Crippen molar-refractivity contribution in [2.45, 2.75) is 12.8 Å². The maximum atomic E-state index is 9.29. The fourth-order valence-electron chi connectivity index (χ4n) is 1.01. The van der Waals surface area contributed by atoms with Gasteiger partial charge in [0.25, 0.3) is 0 Å². The predicted molar refractivity (Wildman–Crippen MR) is 46.3 cm³/mol. The molecule has 1 unspecified atom stereocenters. The zero-order chi connectivity index (χ0) is 8.97. The lowest BCUT2D eigenvalue weighted by atomic mass is 10.1. The Bertz CT molecular complexity index is 250. The number of hydrogen-bond acceptors (Lipinski definition) is 3. The Morgan fingerprint density at radius 3 is 2.92 bits per heavy atom. The molecule has 0 spiro atoms. The van der Waals surface area contributed by atoms with E-state index >= 15 is 0 Å². The first-order valence-corrected chi connectivity index (χ1v) is 3.77. The minimum atomic E-state index is -0.850. The Morgan fingerprint density at radius 2 is 2.33 bits per heavy atom. The van der Waals surface area contributed by atoms with Gasteiger partial charge in [0.1, 0.15) is 0 Å². The van der Waals surface area contributed by atoms with E-state index in [1.807, 2.05) is 18.2 Å². The molecular weight excluding hydrogens is 154 g/mol. The summed E-state index contributed by atoms with van der Waals surface area (Å²) in [5.74, 6) is 0. The topological polar surface area (TPSA) is 55.5 Å². The van der Waals surface area contributed by atoms with Crippen LogP contribution in [0, 0.1) is 0 Å². The van der Waals surface area contributed by atoms with Crippen molar-refractivity contribution in [1.82, 2.24) is 0 Å². The summed E-state index contributed by atoms with van der Waals surface area (Å²) in [4.78, 5) is 0. The molecule has 1 atom stereocenters. The van der Waals surface area contributed by atoms with Gasteiger partial charge in [-0.1, -0.05) is 18.2 Å². The molecule has 0 aliphatic heterocycles. The molecule has 1 rings (SSSR count). The van der Waals surface area contributed by atoms with Gasteiger partial charge in [0.2, 0.25) is 0 Å². The van der Waals surface area contributed by atoms with Crippen molar-refractivity contribution >= 4 is 0 Å². The monoisotopic (exact) mass is 167 g/mol. The molecule has 0 radical (unpaired) electrons. The Balaban J connectivity index is 2.86. The highest BCUT2D eigenvalue weighted by molar-refractivity contribution is 5.23. The molecule has 3 N–H and O–H groups in total. The average molecular weight is 167 g/mol. The number of hydrogen-bond donors (Lipinski definition) is 2. The highest BCUT2D eigenvalue weighted by atomic mass is 16.6. The lowest BCUT2D eigenvalue weighted by Gasteiger charge is -2.09. The van der Waals surface area contributed by atoms with Crippen LogP contribution in [0.1, 0.15) is 17.4 Å². The van der Waals surface area contributed by atoms with Crippen LogP contribution in [0.15, 0.2) is 24.3 Å². The molecule has 3 nitrogen and oxygen atoms in total. The lowest BCUT2D eigenvalue weighted by Crippen LogP contribution is -2.02. The van der Waals surface area contributed by atoms with Crippen LogP contribution in [0.5, 0.6) is 0 Å². The number of ether oxygens (including phenoxy) is 1. The molecule has 0 bridgehead atoms. The van der Waals surface area contributed by atoms with Crippen LogP contribution in [0.3, 0.4) is 0 Å². The molecule has 12 heavy (non-hydrogen) atoms. The first-order chi connectivity index (χ1) is 5.77. The van der Waals surface area contributed by atoms with Gasteiger partial charge in [-0.15, -0.1) is 0 Å². The largest absolute Gasteiger partial charge is 0.364 e. The molecular formula is C9H13NO2. The van der Waals surface area contributed by atoms with Gasteiger partial charge >= 0.3 is 0 Å². The van der Waals surface area contributed by atoms with Crippen LogP contribution >= 0.6 is 0 Å². The third-order valence-corrected chi connectivity index (χ3v) is 1.70. The third-order valence-electron chi connectivity index (χ3n) is 1.70. The smallest absolute Gasteiger partial charge is 0.180 e. The SMILES string of the molecule is COC(O)c1cccc(CN)c1. The van der Waals surface area contributed by atoms with Gasteiger partial charge in [-0.2, -0.15) is 0 Å². The van der Waals surface area contributed by atoms with E-state index in [1.165, 1.54) is 7.11 Å². The molecule has 0 aromatic heterocycles.